The van der Waals surface area contributed by atoms with E-state index < -0.39 is 6.10 Å². The Hall–Kier alpha value is -2.60. The zero-order valence-corrected chi connectivity index (χ0v) is 15.8. The molecule has 1 aliphatic heterocycles. The van der Waals surface area contributed by atoms with Crippen LogP contribution in [0.15, 0.2) is 41.4 Å². The molecule has 2 heterocycles. The number of thiazole rings is 1. The number of nitrogens with zero attached hydrogens (tertiary/aromatic N) is 2. The summed E-state index contributed by atoms with van der Waals surface area (Å²) in [7, 11) is 0. The van der Waals surface area contributed by atoms with Crippen LogP contribution in [-0.2, 0) is 11.3 Å². The van der Waals surface area contributed by atoms with Gasteiger partial charge in [0, 0.05) is 6.54 Å². The van der Waals surface area contributed by atoms with Crippen molar-refractivity contribution in [2.45, 2.75) is 33.4 Å². The second-order valence-electron chi connectivity index (χ2n) is 6.32. The Labute approximate surface area is 155 Å². The molecule has 1 atom stereocenters. The van der Waals surface area contributed by atoms with Crippen molar-refractivity contribution in [2.24, 2.45) is 4.99 Å². The highest BCUT2D eigenvalue weighted by molar-refractivity contribution is 7.16. The second-order valence-corrected chi connectivity index (χ2v) is 7.30. The lowest BCUT2D eigenvalue weighted by molar-refractivity contribution is -0.127. The maximum absolute atomic E-state index is 12.7. The highest BCUT2D eigenvalue weighted by atomic mass is 32.1. The van der Waals surface area contributed by atoms with Crippen LogP contribution in [0.3, 0.4) is 0 Å². The SMILES string of the molecule is CCn1c(=NC(=O)[C@H]2COc3ccccc3O2)sc2c(C)ccc(C)c21. The van der Waals surface area contributed by atoms with Gasteiger partial charge in [0.1, 0.15) is 6.61 Å². The molecule has 6 heteroatoms. The van der Waals surface area contributed by atoms with Gasteiger partial charge in [0.15, 0.2) is 16.3 Å². The molecule has 1 aromatic heterocycles. The molecule has 1 aliphatic rings. The first-order chi connectivity index (χ1) is 12.6. The van der Waals surface area contributed by atoms with Crippen LogP contribution in [0.25, 0.3) is 10.2 Å². The van der Waals surface area contributed by atoms with Crippen LogP contribution in [0.4, 0.5) is 0 Å². The number of amides is 1. The average Bonchev–Trinajstić information content (AvgIpc) is 3.03. The van der Waals surface area contributed by atoms with E-state index in [-0.39, 0.29) is 12.5 Å². The minimum atomic E-state index is -0.720. The van der Waals surface area contributed by atoms with E-state index in [9.17, 15) is 4.79 Å². The van der Waals surface area contributed by atoms with Crippen LogP contribution in [0.1, 0.15) is 18.1 Å². The highest BCUT2D eigenvalue weighted by Crippen LogP contribution is 2.31. The average molecular weight is 368 g/mol. The van der Waals surface area contributed by atoms with Gasteiger partial charge in [-0.15, -0.1) is 0 Å². The first-order valence-electron chi connectivity index (χ1n) is 8.65. The van der Waals surface area contributed by atoms with Crippen molar-refractivity contribution in [2.75, 3.05) is 6.61 Å². The van der Waals surface area contributed by atoms with Gasteiger partial charge in [0.2, 0.25) is 6.10 Å². The van der Waals surface area contributed by atoms with Gasteiger partial charge in [0.25, 0.3) is 5.91 Å². The van der Waals surface area contributed by atoms with Crippen LogP contribution in [0.5, 0.6) is 11.5 Å². The minimum Gasteiger partial charge on any atom is -0.485 e. The molecule has 0 fully saturated rings. The Kier molecular flexibility index (Phi) is 4.28. The van der Waals surface area contributed by atoms with E-state index in [0.717, 1.165) is 12.1 Å². The van der Waals surface area contributed by atoms with Crippen molar-refractivity contribution in [3.63, 3.8) is 0 Å². The molecular formula is C20H20N2O3S. The highest BCUT2D eigenvalue weighted by Gasteiger charge is 2.27. The smallest absolute Gasteiger partial charge is 0.292 e. The Balaban J connectivity index is 1.74. The number of hydrogen-bond donors (Lipinski definition) is 0. The molecule has 0 bridgehead atoms. The molecule has 0 saturated heterocycles. The van der Waals surface area contributed by atoms with Crippen LogP contribution in [0, 0.1) is 13.8 Å². The molecule has 0 unspecified atom stereocenters. The molecule has 5 nitrogen and oxygen atoms in total. The number of para-hydroxylation sites is 2. The standard InChI is InChI=1S/C20H20N2O3S/c1-4-22-17-12(2)9-10-13(3)18(17)26-20(22)21-19(23)16-11-24-14-7-5-6-8-15(14)25-16/h5-10,16H,4,11H2,1-3H3/t16-/m1/s1. The zero-order chi connectivity index (χ0) is 18.3. The molecule has 26 heavy (non-hydrogen) atoms. The van der Waals surface area contributed by atoms with Crippen molar-refractivity contribution in [1.29, 1.82) is 0 Å². The summed E-state index contributed by atoms with van der Waals surface area (Å²) >= 11 is 1.55. The number of benzene rings is 2. The van der Waals surface area contributed by atoms with E-state index >= 15 is 0 Å². The van der Waals surface area contributed by atoms with E-state index in [1.165, 1.54) is 15.8 Å². The molecule has 2 aromatic carbocycles. The Morgan fingerprint density at radius 3 is 2.69 bits per heavy atom. The monoisotopic (exact) mass is 368 g/mol. The summed E-state index contributed by atoms with van der Waals surface area (Å²) in [6.45, 7) is 7.16. The normalized spacial score (nSPS) is 16.9. The molecule has 0 aliphatic carbocycles. The number of rotatable bonds is 2. The third-order valence-corrected chi connectivity index (χ3v) is 5.74. The largest absolute Gasteiger partial charge is 0.485 e. The van der Waals surface area contributed by atoms with Gasteiger partial charge >= 0.3 is 0 Å². The van der Waals surface area contributed by atoms with E-state index in [1.54, 1.807) is 17.4 Å². The van der Waals surface area contributed by atoms with Gasteiger partial charge in [-0.25, -0.2) is 0 Å². The Morgan fingerprint density at radius 1 is 1.19 bits per heavy atom. The lowest BCUT2D eigenvalue weighted by atomic mass is 10.1. The summed E-state index contributed by atoms with van der Waals surface area (Å²) in [4.78, 5) is 17.8. The zero-order valence-electron chi connectivity index (χ0n) is 15.0. The van der Waals surface area contributed by atoms with E-state index in [1.807, 2.05) is 18.2 Å². The number of aryl methyl sites for hydroxylation is 3. The lowest BCUT2D eigenvalue weighted by Gasteiger charge is -2.23. The maximum Gasteiger partial charge on any atom is 0.292 e. The third kappa shape index (κ3) is 2.80. The van der Waals surface area contributed by atoms with Crippen molar-refractivity contribution >= 4 is 27.5 Å². The summed E-state index contributed by atoms with van der Waals surface area (Å²) in [6.07, 6.45) is -0.720. The number of hydrogen-bond acceptors (Lipinski definition) is 4. The Morgan fingerprint density at radius 2 is 1.92 bits per heavy atom. The fraction of sp³-hybridized carbons (Fsp3) is 0.300. The van der Waals surface area contributed by atoms with Gasteiger partial charge in [-0.05, 0) is 44.0 Å². The number of carbonyl (C=O) groups is 1. The molecule has 0 spiro atoms. The third-order valence-electron chi connectivity index (χ3n) is 4.53. The predicted octanol–water partition coefficient (Wildman–Crippen LogP) is 3.61. The van der Waals surface area contributed by atoms with Crippen molar-refractivity contribution < 1.29 is 14.3 Å². The predicted molar refractivity (Wildman–Crippen MR) is 102 cm³/mol. The molecule has 0 N–H and O–H groups in total. The van der Waals surface area contributed by atoms with Crippen LogP contribution < -0.4 is 14.3 Å². The number of ether oxygens (including phenoxy) is 2. The van der Waals surface area contributed by atoms with Gasteiger partial charge < -0.3 is 14.0 Å². The van der Waals surface area contributed by atoms with Gasteiger partial charge in [-0.3, -0.25) is 4.79 Å². The number of fused-ring (bicyclic) bond motifs is 2. The molecule has 0 radical (unpaired) electrons. The first-order valence-corrected chi connectivity index (χ1v) is 9.46. The van der Waals surface area contributed by atoms with Gasteiger partial charge in [-0.2, -0.15) is 4.99 Å². The van der Waals surface area contributed by atoms with E-state index in [0.29, 0.717) is 16.3 Å². The van der Waals surface area contributed by atoms with Gasteiger partial charge in [0.05, 0.1) is 10.2 Å². The van der Waals surface area contributed by atoms with Crippen LogP contribution >= 0.6 is 11.3 Å². The van der Waals surface area contributed by atoms with Gasteiger partial charge in [-0.1, -0.05) is 35.6 Å². The minimum absolute atomic E-state index is 0.175. The van der Waals surface area contributed by atoms with Crippen LogP contribution in [0.2, 0.25) is 0 Å². The van der Waals surface area contributed by atoms with E-state index in [2.05, 4.69) is 42.5 Å². The molecular weight excluding hydrogens is 348 g/mol. The lowest BCUT2D eigenvalue weighted by Crippen LogP contribution is -2.36. The first kappa shape index (κ1) is 16.8. The molecule has 3 aromatic rings. The Bertz CT molecular complexity index is 1060. The fourth-order valence-electron chi connectivity index (χ4n) is 3.16. The number of carbonyl (C=O) groups excluding carboxylic acids is 1. The van der Waals surface area contributed by atoms with Crippen molar-refractivity contribution in [3.05, 3.63) is 52.3 Å². The molecule has 1 amide bonds. The summed E-state index contributed by atoms with van der Waals surface area (Å²) in [5.41, 5.74) is 3.52. The summed E-state index contributed by atoms with van der Waals surface area (Å²) in [5.74, 6) is 0.926. The van der Waals surface area contributed by atoms with E-state index in [4.69, 9.17) is 9.47 Å². The summed E-state index contributed by atoms with van der Waals surface area (Å²) in [5, 5.41) is 0. The molecule has 4 rings (SSSR count). The molecule has 134 valence electrons. The second kappa shape index (κ2) is 6.61. The topological polar surface area (TPSA) is 52.8 Å². The summed E-state index contributed by atoms with van der Waals surface area (Å²) in [6, 6.07) is 11.6. The van der Waals surface area contributed by atoms with Crippen molar-refractivity contribution in [1.82, 2.24) is 4.57 Å². The fourth-order valence-corrected chi connectivity index (χ4v) is 4.41. The maximum atomic E-state index is 12.7. The van der Waals surface area contributed by atoms with Crippen molar-refractivity contribution in [3.8, 4) is 11.5 Å². The summed E-state index contributed by atoms with van der Waals surface area (Å²) < 4.78 is 14.7. The molecule has 0 saturated carbocycles. The van der Waals surface area contributed by atoms with Crippen LogP contribution in [-0.4, -0.2) is 23.2 Å². The quantitative estimate of drug-likeness (QED) is 0.694. The number of aromatic nitrogens is 1.